The van der Waals surface area contributed by atoms with Gasteiger partial charge in [0.05, 0.1) is 39.8 Å². The summed E-state index contributed by atoms with van der Waals surface area (Å²) < 4.78 is 11.7. The zero-order valence-electron chi connectivity index (χ0n) is 27.3. The van der Waals surface area contributed by atoms with Crippen LogP contribution in [0.25, 0.3) is 10.9 Å². The number of nitrogens with one attached hydrogen (secondary N) is 2. The van der Waals surface area contributed by atoms with Gasteiger partial charge in [-0.2, -0.15) is 5.26 Å². The Morgan fingerprint density at radius 2 is 1.84 bits per heavy atom. The first-order valence-electron chi connectivity index (χ1n) is 15.5. The molecule has 50 heavy (non-hydrogen) atoms. The number of nitriles is 1. The predicted octanol–water partition coefficient (Wildman–Crippen LogP) is 6.18. The first-order valence-corrected chi connectivity index (χ1v) is 15.9. The number of likely N-dealkylation sites (tertiary alicyclic amines) is 1. The second kappa shape index (κ2) is 18.0. The fourth-order valence-corrected chi connectivity index (χ4v) is 5.22. The topological polar surface area (TPSA) is 187 Å². The highest BCUT2D eigenvalue weighted by molar-refractivity contribution is 6.32. The third-order valence-corrected chi connectivity index (χ3v) is 7.66. The largest absolute Gasteiger partial charge is 0.492 e. The number of anilines is 3. The van der Waals surface area contributed by atoms with Crippen molar-refractivity contribution in [3.05, 3.63) is 102 Å². The van der Waals surface area contributed by atoms with Crippen molar-refractivity contribution in [3.8, 4) is 17.6 Å². The lowest BCUT2D eigenvalue weighted by molar-refractivity contribution is -0.134. The second-order valence-corrected chi connectivity index (χ2v) is 11.3. The first kappa shape index (κ1) is 36.9. The summed E-state index contributed by atoms with van der Waals surface area (Å²) in [6.07, 6.45) is 9.96. The molecular weight excluding hydrogens is 664 g/mol. The molecular formula is C36H35ClN6O7. The van der Waals surface area contributed by atoms with Gasteiger partial charge in [-0.05, 0) is 69.8 Å². The molecule has 0 unspecified atom stereocenters. The first-order chi connectivity index (χ1) is 24.1. The number of aliphatic carboxylic acids is 2. The lowest BCUT2D eigenvalue weighted by atomic mass is 10.1. The number of carboxylic acids is 2. The molecule has 1 fully saturated rings. The number of likely N-dealkylation sites (N-methyl/N-ethyl adjacent to an activating group) is 1. The molecule has 1 aliphatic heterocycles. The van der Waals surface area contributed by atoms with Crippen molar-refractivity contribution in [2.24, 2.45) is 0 Å². The van der Waals surface area contributed by atoms with Crippen molar-refractivity contribution >= 4 is 57.4 Å². The van der Waals surface area contributed by atoms with Crippen LogP contribution < -0.4 is 20.1 Å². The average Bonchev–Trinajstić information content (AvgIpc) is 3.51. The summed E-state index contributed by atoms with van der Waals surface area (Å²) in [4.78, 5) is 43.0. The maximum atomic E-state index is 12.9. The van der Waals surface area contributed by atoms with Crippen molar-refractivity contribution in [1.29, 1.82) is 5.26 Å². The van der Waals surface area contributed by atoms with Crippen LogP contribution >= 0.6 is 11.6 Å². The van der Waals surface area contributed by atoms with Gasteiger partial charge in [0, 0.05) is 53.8 Å². The Morgan fingerprint density at radius 3 is 2.46 bits per heavy atom. The molecule has 1 aliphatic rings. The van der Waals surface area contributed by atoms with Crippen molar-refractivity contribution in [2.45, 2.75) is 32.4 Å². The number of carbonyl (C=O) groups excluding carboxylic acids is 1. The van der Waals surface area contributed by atoms with Crippen molar-refractivity contribution in [2.75, 3.05) is 30.8 Å². The molecule has 4 N–H and O–H groups in total. The maximum Gasteiger partial charge on any atom is 0.328 e. The number of amides is 1. The predicted molar refractivity (Wildman–Crippen MR) is 189 cm³/mol. The quantitative estimate of drug-likeness (QED) is 0.123. The van der Waals surface area contributed by atoms with E-state index in [2.05, 4.69) is 38.6 Å². The van der Waals surface area contributed by atoms with Gasteiger partial charge < -0.3 is 30.3 Å². The maximum absolute atomic E-state index is 12.9. The molecule has 0 spiro atoms. The van der Waals surface area contributed by atoms with Crippen LogP contribution in [-0.4, -0.2) is 69.2 Å². The summed E-state index contributed by atoms with van der Waals surface area (Å²) in [5.74, 6) is -1.77. The van der Waals surface area contributed by atoms with Gasteiger partial charge in [0.25, 0.3) is 0 Å². The van der Waals surface area contributed by atoms with Crippen molar-refractivity contribution in [1.82, 2.24) is 14.9 Å². The number of ether oxygens (including phenoxy) is 2. The normalized spacial score (nSPS) is 14.2. The Kier molecular flexibility index (Phi) is 13.3. The van der Waals surface area contributed by atoms with Crippen LogP contribution in [0.15, 0.2) is 85.2 Å². The van der Waals surface area contributed by atoms with E-state index in [0.29, 0.717) is 68.8 Å². The van der Waals surface area contributed by atoms with Gasteiger partial charge in [0.15, 0.2) is 0 Å². The monoisotopic (exact) mass is 698 g/mol. The summed E-state index contributed by atoms with van der Waals surface area (Å²) in [6.45, 7) is 3.58. The average molecular weight is 699 g/mol. The van der Waals surface area contributed by atoms with Crippen LogP contribution in [0.5, 0.6) is 11.5 Å². The number of pyridine rings is 2. The molecule has 2 aromatic heterocycles. The zero-order chi connectivity index (χ0) is 36.0. The molecule has 3 heterocycles. The number of nitrogens with zero attached hydrogens (tertiary/aromatic N) is 4. The van der Waals surface area contributed by atoms with Gasteiger partial charge in [-0.3, -0.25) is 19.7 Å². The van der Waals surface area contributed by atoms with Gasteiger partial charge in [-0.1, -0.05) is 23.7 Å². The number of benzene rings is 2. The van der Waals surface area contributed by atoms with E-state index in [1.807, 2.05) is 37.3 Å². The highest BCUT2D eigenvalue weighted by Crippen LogP contribution is 2.37. The lowest BCUT2D eigenvalue weighted by Gasteiger charge is -2.17. The van der Waals surface area contributed by atoms with Crippen LogP contribution in [0.3, 0.4) is 0 Å². The Labute approximate surface area is 293 Å². The number of halogens is 1. The van der Waals surface area contributed by atoms with Gasteiger partial charge in [0.1, 0.15) is 24.2 Å². The van der Waals surface area contributed by atoms with E-state index < -0.39 is 11.9 Å². The standard InChI is InChI=1S/C32H31ClN6O3.C4H4O4/c1-3-41-30-17-27-25(16-28(30)38-31(40)12-10-24-8-6-14-39(24)2)32(21(18-34)19-36-27)37-22-9-11-29(26(33)15-22)42-20-23-7-4-5-13-35-23;5-3(6)1-2-4(7)8/h4-5,7,9-13,15-17,19,24H,3,6,8,14,20H2,1-2H3,(H,36,37)(H,38,40);1-2H,(H,5,6)(H,7,8)/b12-10+;2-1-/t24-;/m1./s1. The minimum atomic E-state index is -1.26. The fourth-order valence-electron chi connectivity index (χ4n) is 4.98. The van der Waals surface area contributed by atoms with Gasteiger partial charge in [-0.25, -0.2) is 9.59 Å². The minimum Gasteiger partial charge on any atom is -0.492 e. The summed E-state index contributed by atoms with van der Waals surface area (Å²) in [5, 5.41) is 32.8. The van der Waals surface area contributed by atoms with E-state index in [4.69, 9.17) is 31.3 Å². The van der Waals surface area contributed by atoms with Crippen molar-refractivity contribution in [3.63, 3.8) is 0 Å². The molecule has 4 aromatic rings. The summed E-state index contributed by atoms with van der Waals surface area (Å²) in [7, 11) is 2.06. The molecule has 2 aromatic carbocycles. The van der Waals surface area contributed by atoms with Crippen LogP contribution in [0.2, 0.25) is 5.02 Å². The van der Waals surface area contributed by atoms with Crippen LogP contribution in [0, 0.1) is 11.3 Å². The molecule has 1 saturated heterocycles. The minimum absolute atomic E-state index is 0.246. The molecule has 5 rings (SSSR count). The molecule has 1 amide bonds. The van der Waals surface area contributed by atoms with E-state index in [0.717, 1.165) is 25.1 Å². The molecule has 0 radical (unpaired) electrons. The van der Waals surface area contributed by atoms with Gasteiger partial charge >= 0.3 is 11.9 Å². The second-order valence-electron chi connectivity index (χ2n) is 10.9. The van der Waals surface area contributed by atoms with E-state index in [-0.39, 0.29) is 18.6 Å². The van der Waals surface area contributed by atoms with Crippen LogP contribution in [-0.2, 0) is 21.0 Å². The third kappa shape index (κ3) is 10.5. The molecule has 1 atom stereocenters. The molecule has 0 bridgehead atoms. The van der Waals surface area contributed by atoms with Crippen LogP contribution in [0.4, 0.5) is 17.1 Å². The number of hydrogen-bond donors (Lipinski definition) is 4. The Balaban J connectivity index is 0.000000627. The van der Waals surface area contributed by atoms with Gasteiger partial charge in [0.2, 0.25) is 5.91 Å². The summed E-state index contributed by atoms with van der Waals surface area (Å²) >= 11 is 6.54. The number of carbonyl (C=O) groups is 3. The van der Waals surface area contributed by atoms with E-state index >= 15 is 0 Å². The number of aromatic nitrogens is 2. The summed E-state index contributed by atoms with van der Waals surface area (Å²) in [6, 6.07) is 16.9. The number of rotatable bonds is 12. The summed E-state index contributed by atoms with van der Waals surface area (Å²) in [5.41, 5.74) is 3.38. The fraction of sp³-hybridized carbons (Fsp3) is 0.222. The van der Waals surface area contributed by atoms with Gasteiger partial charge in [-0.15, -0.1) is 0 Å². The Morgan fingerprint density at radius 1 is 1.06 bits per heavy atom. The highest BCUT2D eigenvalue weighted by Gasteiger charge is 2.19. The van der Waals surface area contributed by atoms with Crippen molar-refractivity contribution < 1.29 is 34.1 Å². The molecule has 14 heteroatoms. The third-order valence-electron chi connectivity index (χ3n) is 7.37. The van der Waals surface area contributed by atoms with Crippen LogP contribution in [0.1, 0.15) is 31.0 Å². The highest BCUT2D eigenvalue weighted by atomic mass is 35.5. The van der Waals surface area contributed by atoms with E-state index in [1.165, 1.54) is 6.20 Å². The van der Waals surface area contributed by atoms with E-state index in [9.17, 15) is 19.6 Å². The molecule has 0 aliphatic carbocycles. The number of fused-ring (bicyclic) bond motifs is 1. The Bertz CT molecular complexity index is 1930. The number of carboxylic acid groups (broad SMARTS) is 2. The van der Waals surface area contributed by atoms with E-state index in [1.54, 1.807) is 36.5 Å². The number of hydrogen-bond acceptors (Lipinski definition) is 10. The zero-order valence-corrected chi connectivity index (χ0v) is 28.1. The Hall–Kier alpha value is -5.97. The molecule has 13 nitrogen and oxygen atoms in total. The molecule has 0 saturated carbocycles. The molecule has 258 valence electrons. The SMILES string of the molecule is CCOc1cc2ncc(C#N)c(Nc3ccc(OCc4ccccn4)c(Cl)c3)c2cc1NC(=O)/C=C/[C@H]1CCCN1C.O=C(O)/C=C\C(=O)O. The smallest absolute Gasteiger partial charge is 0.328 e. The lowest BCUT2D eigenvalue weighted by Crippen LogP contribution is -2.23.